The molecule has 2 amide bonds. The predicted octanol–water partition coefficient (Wildman–Crippen LogP) is 0.445. The molecule has 1 unspecified atom stereocenters. The number of carbonyl (C=O) groups is 3. The van der Waals surface area contributed by atoms with Crippen LogP contribution in [0.25, 0.3) is 0 Å². The van der Waals surface area contributed by atoms with Crippen LogP contribution in [-0.4, -0.2) is 52.2 Å². The lowest BCUT2D eigenvalue weighted by Gasteiger charge is -2.16. The average Bonchev–Trinajstić information content (AvgIpc) is 3.15. The second-order valence-corrected chi connectivity index (χ2v) is 5.97. The fraction of sp³-hybridized carbons (Fsp3) is 0.353. The van der Waals surface area contributed by atoms with Crippen LogP contribution >= 0.6 is 0 Å². The summed E-state index contributed by atoms with van der Waals surface area (Å²) in [6, 6.07) is 5.64. The summed E-state index contributed by atoms with van der Waals surface area (Å²) in [5.41, 5.74) is 0.895. The van der Waals surface area contributed by atoms with Crippen molar-refractivity contribution in [3.8, 4) is 0 Å². The standard InChI is InChI=1S/C17H19N5O4/c1-10-9-14(21(2)20-10)22-8-7-12(16(22)24)19-15(23)11-5-4-6-13(18-11)17(25)26-3/h4-6,9,12H,7-8H2,1-3H3,(H,19,23). The molecule has 2 aromatic rings. The molecule has 0 aliphatic carbocycles. The molecular formula is C17H19N5O4. The number of anilines is 1. The van der Waals surface area contributed by atoms with E-state index < -0.39 is 17.9 Å². The number of hydrogen-bond acceptors (Lipinski definition) is 6. The molecule has 1 saturated heterocycles. The summed E-state index contributed by atoms with van der Waals surface area (Å²) in [5.74, 6) is -0.660. The van der Waals surface area contributed by atoms with E-state index in [1.54, 1.807) is 16.6 Å². The summed E-state index contributed by atoms with van der Waals surface area (Å²) in [6.07, 6.45) is 0.478. The number of carbonyl (C=O) groups excluding carboxylic acids is 3. The number of esters is 1. The van der Waals surface area contributed by atoms with E-state index in [2.05, 4.69) is 20.1 Å². The van der Waals surface area contributed by atoms with Crippen molar-refractivity contribution in [1.82, 2.24) is 20.1 Å². The lowest BCUT2D eigenvalue weighted by atomic mass is 10.2. The predicted molar refractivity (Wildman–Crippen MR) is 91.7 cm³/mol. The number of pyridine rings is 1. The van der Waals surface area contributed by atoms with E-state index in [9.17, 15) is 14.4 Å². The minimum Gasteiger partial charge on any atom is -0.464 e. The SMILES string of the molecule is COC(=O)c1cccc(C(=O)NC2CCN(c3cc(C)nn3C)C2=O)n1. The summed E-state index contributed by atoms with van der Waals surface area (Å²) in [6.45, 7) is 2.33. The van der Waals surface area contributed by atoms with E-state index in [1.807, 2.05) is 13.0 Å². The number of aromatic nitrogens is 3. The fourth-order valence-electron chi connectivity index (χ4n) is 2.90. The molecule has 1 fully saturated rings. The van der Waals surface area contributed by atoms with Crippen molar-refractivity contribution >= 4 is 23.6 Å². The van der Waals surface area contributed by atoms with Crippen LogP contribution in [0, 0.1) is 6.92 Å². The number of ether oxygens (including phenoxy) is 1. The lowest BCUT2D eigenvalue weighted by Crippen LogP contribution is -2.42. The van der Waals surface area contributed by atoms with Gasteiger partial charge in [-0.2, -0.15) is 5.10 Å². The van der Waals surface area contributed by atoms with E-state index >= 15 is 0 Å². The largest absolute Gasteiger partial charge is 0.464 e. The highest BCUT2D eigenvalue weighted by Crippen LogP contribution is 2.22. The third kappa shape index (κ3) is 3.28. The van der Waals surface area contributed by atoms with Gasteiger partial charge in [0.2, 0.25) is 0 Å². The van der Waals surface area contributed by atoms with Gasteiger partial charge in [-0.25, -0.2) is 9.78 Å². The average molecular weight is 357 g/mol. The van der Waals surface area contributed by atoms with Gasteiger partial charge in [0.05, 0.1) is 12.8 Å². The third-order valence-electron chi connectivity index (χ3n) is 4.14. The number of nitrogens with zero attached hydrogens (tertiary/aromatic N) is 4. The Labute approximate surface area is 150 Å². The lowest BCUT2D eigenvalue weighted by molar-refractivity contribution is -0.118. The monoisotopic (exact) mass is 357 g/mol. The van der Waals surface area contributed by atoms with E-state index in [-0.39, 0.29) is 17.3 Å². The molecule has 0 spiro atoms. The Hall–Kier alpha value is -3.23. The van der Waals surface area contributed by atoms with Gasteiger partial charge in [0, 0.05) is 19.7 Å². The van der Waals surface area contributed by atoms with Gasteiger partial charge in [0.15, 0.2) is 0 Å². The van der Waals surface area contributed by atoms with E-state index in [0.717, 1.165) is 5.69 Å². The highest BCUT2D eigenvalue weighted by molar-refractivity contribution is 6.03. The van der Waals surface area contributed by atoms with Crippen LogP contribution < -0.4 is 10.2 Å². The van der Waals surface area contributed by atoms with Crippen molar-refractivity contribution in [2.75, 3.05) is 18.6 Å². The molecule has 2 aromatic heterocycles. The topological polar surface area (TPSA) is 106 Å². The Morgan fingerprint density at radius 2 is 2.04 bits per heavy atom. The van der Waals surface area contributed by atoms with Crippen molar-refractivity contribution < 1.29 is 19.1 Å². The minimum absolute atomic E-state index is 0.0323. The highest BCUT2D eigenvalue weighted by Gasteiger charge is 2.35. The maximum atomic E-state index is 12.6. The molecule has 136 valence electrons. The third-order valence-corrected chi connectivity index (χ3v) is 4.14. The Balaban J connectivity index is 1.72. The van der Waals surface area contributed by atoms with Crippen LogP contribution in [0.1, 0.15) is 33.1 Å². The first-order valence-electron chi connectivity index (χ1n) is 8.09. The second-order valence-electron chi connectivity index (χ2n) is 5.97. The second kappa shape index (κ2) is 6.95. The van der Waals surface area contributed by atoms with Gasteiger partial charge >= 0.3 is 5.97 Å². The summed E-state index contributed by atoms with van der Waals surface area (Å²) >= 11 is 0. The number of nitrogens with one attached hydrogen (secondary N) is 1. The van der Waals surface area contributed by atoms with Gasteiger partial charge in [0.25, 0.3) is 11.8 Å². The van der Waals surface area contributed by atoms with Crippen molar-refractivity contribution in [3.63, 3.8) is 0 Å². The molecule has 0 aromatic carbocycles. The van der Waals surface area contributed by atoms with E-state index in [1.165, 1.54) is 25.3 Å². The maximum Gasteiger partial charge on any atom is 0.356 e. The smallest absolute Gasteiger partial charge is 0.356 e. The number of rotatable bonds is 4. The highest BCUT2D eigenvalue weighted by atomic mass is 16.5. The first kappa shape index (κ1) is 17.6. The van der Waals surface area contributed by atoms with Gasteiger partial charge in [-0.05, 0) is 25.5 Å². The molecule has 9 nitrogen and oxygen atoms in total. The molecule has 1 aliphatic heterocycles. The molecule has 0 bridgehead atoms. The molecule has 9 heteroatoms. The number of amides is 2. The summed E-state index contributed by atoms with van der Waals surface area (Å²) in [7, 11) is 3.01. The van der Waals surface area contributed by atoms with Gasteiger partial charge in [-0.15, -0.1) is 0 Å². The van der Waals surface area contributed by atoms with Crippen LogP contribution in [0.5, 0.6) is 0 Å². The van der Waals surface area contributed by atoms with Gasteiger partial charge in [-0.3, -0.25) is 19.2 Å². The van der Waals surface area contributed by atoms with Crippen LogP contribution in [0.2, 0.25) is 0 Å². The molecule has 0 radical (unpaired) electrons. The normalized spacial score (nSPS) is 16.7. The zero-order chi connectivity index (χ0) is 18.8. The molecule has 3 heterocycles. The Morgan fingerprint density at radius 3 is 2.69 bits per heavy atom. The molecule has 0 saturated carbocycles. The first-order chi connectivity index (χ1) is 12.4. The molecule has 1 N–H and O–H groups in total. The van der Waals surface area contributed by atoms with Crippen LogP contribution in [0.15, 0.2) is 24.3 Å². The summed E-state index contributed by atoms with van der Waals surface area (Å²) in [4.78, 5) is 42.2. The quantitative estimate of drug-likeness (QED) is 0.796. The number of aryl methyl sites for hydroxylation is 2. The molecule has 26 heavy (non-hydrogen) atoms. The van der Waals surface area contributed by atoms with Crippen molar-refractivity contribution in [3.05, 3.63) is 41.3 Å². The van der Waals surface area contributed by atoms with Gasteiger partial charge in [-0.1, -0.05) is 6.07 Å². The van der Waals surface area contributed by atoms with Crippen LogP contribution in [0.4, 0.5) is 5.82 Å². The molecule has 1 aliphatic rings. The summed E-state index contributed by atoms with van der Waals surface area (Å²) in [5, 5.41) is 6.92. The van der Waals surface area contributed by atoms with E-state index in [4.69, 9.17) is 0 Å². The number of methoxy groups -OCH3 is 1. The maximum absolute atomic E-state index is 12.6. The van der Waals surface area contributed by atoms with Gasteiger partial charge < -0.3 is 10.1 Å². The number of hydrogen-bond donors (Lipinski definition) is 1. The summed E-state index contributed by atoms with van der Waals surface area (Å²) < 4.78 is 6.23. The molecule has 1 atom stereocenters. The molecule has 3 rings (SSSR count). The van der Waals surface area contributed by atoms with Crippen LogP contribution in [0.3, 0.4) is 0 Å². The zero-order valence-electron chi connectivity index (χ0n) is 14.7. The van der Waals surface area contributed by atoms with E-state index in [0.29, 0.717) is 18.8 Å². The Bertz CT molecular complexity index is 876. The Morgan fingerprint density at radius 1 is 1.31 bits per heavy atom. The van der Waals surface area contributed by atoms with Gasteiger partial charge in [0.1, 0.15) is 23.2 Å². The minimum atomic E-state index is -0.652. The van der Waals surface area contributed by atoms with Crippen LogP contribution in [-0.2, 0) is 16.6 Å². The molecular weight excluding hydrogens is 338 g/mol. The zero-order valence-corrected chi connectivity index (χ0v) is 14.7. The first-order valence-corrected chi connectivity index (χ1v) is 8.09. The Kier molecular flexibility index (Phi) is 4.70. The van der Waals surface area contributed by atoms with Crippen molar-refractivity contribution in [2.45, 2.75) is 19.4 Å². The van der Waals surface area contributed by atoms with Crippen molar-refractivity contribution in [1.29, 1.82) is 0 Å². The fourth-order valence-corrected chi connectivity index (χ4v) is 2.90. The van der Waals surface area contributed by atoms with Crippen molar-refractivity contribution in [2.24, 2.45) is 7.05 Å².